The Morgan fingerprint density at radius 2 is 1.73 bits per heavy atom. The lowest BCUT2D eigenvalue weighted by Gasteiger charge is -2.17. The minimum atomic E-state index is -1.07. The molecule has 0 radical (unpaired) electrons. The van der Waals surface area contributed by atoms with Crippen molar-refractivity contribution in [3.8, 4) is 5.75 Å². The molecule has 0 saturated carbocycles. The van der Waals surface area contributed by atoms with E-state index < -0.39 is 17.5 Å². The highest BCUT2D eigenvalue weighted by Crippen LogP contribution is 2.12. The average Bonchev–Trinajstić information content (AvgIpc) is 2.51. The standard InChI is InChI=1S/C16H14F3NO2/c1-20(8-9-22-13-5-3-12(17)4-6-13)16(21)11-2-7-14(18)15(19)10-11/h2-7,10H,8-9H2,1H3. The van der Waals surface area contributed by atoms with Crippen molar-refractivity contribution in [2.75, 3.05) is 20.2 Å². The van der Waals surface area contributed by atoms with Gasteiger partial charge in [-0.2, -0.15) is 0 Å². The van der Waals surface area contributed by atoms with E-state index in [9.17, 15) is 18.0 Å². The highest BCUT2D eigenvalue weighted by molar-refractivity contribution is 5.94. The minimum absolute atomic E-state index is 0.0585. The molecular weight excluding hydrogens is 295 g/mol. The molecule has 0 aromatic heterocycles. The second-order valence-electron chi connectivity index (χ2n) is 4.66. The zero-order valence-electron chi connectivity index (χ0n) is 11.9. The van der Waals surface area contributed by atoms with Crippen molar-refractivity contribution >= 4 is 5.91 Å². The molecule has 0 unspecified atom stereocenters. The summed E-state index contributed by atoms with van der Waals surface area (Å²) in [6, 6.07) is 8.48. The fourth-order valence-corrected chi connectivity index (χ4v) is 1.78. The lowest BCUT2D eigenvalue weighted by molar-refractivity contribution is 0.0773. The molecule has 0 aliphatic carbocycles. The van der Waals surface area contributed by atoms with E-state index in [1.807, 2.05) is 0 Å². The zero-order valence-corrected chi connectivity index (χ0v) is 11.9. The van der Waals surface area contributed by atoms with Crippen molar-refractivity contribution in [2.45, 2.75) is 0 Å². The van der Waals surface area contributed by atoms with Crippen LogP contribution >= 0.6 is 0 Å². The molecule has 6 heteroatoms. The highest BCUT2D eigenvalue weighted by atomic mass is 19.2. The first kappa shape index (κ1) is 15.9. The van der Waals surface area contributed by atoms with Gasteiger partial charge in [-0.1, -0.05) is 0 Å². The molecule has 2 rings (SSSR count). The Morgan fingerprint density at radius 3 is 2.36 bits per heavy atom. The van der Waals surface area contributed by atoms with Crippen molar-refractivity contribution in [2.24, 2.45) is 0 Å². The molecule has 0 atom stereocenters. The van der Waals surface area contributed by atoms with E-state index in [0.717, 1.165) is 12.1 Å². The normalized spacial score (nSPS) is 10.4. The van der Waals surface area contributed by atoms with Crippen LogP contribution in [0, 0.1) is 17.5 Å². The quantitative estimate of drug-likeness (QED) is 0.848. The molecule has 2 aromatic carbocycles. The number of benzene rings is 2. The molecule has 0 bridgehead atoms. The summed E-state index contributed by atoms with van der Waals surface area (Å²) in [7, 11) is 1.53. The highest BCUT2D eigenvalue weighted by Gasteiger charge is 2.14. The zero-order chi connectivity index (χ0) is 16.1. The maximum Gasteiger partial charge on any atom is 0.253 e. The third kappa shape index (κ3) is 4.00. The largest absolute Gasteiger partial charge is 0.492 e. The van der Waals surface area contributed by atoms with E-state index in [4.69, 9.17) is 4.74 Å². The Kier molecular flexibility index (Phi) is 5.04. The van der Waals surface area contributed by atoms with Gasteiger partial charge < -0.3 is 9.64 Å². The molecule has 0 aliphatic heterocycles. The van der Waals surface area contributed by atoms with Crippen molar-refractivity contribution in [3.63, 3.8) is 0 Å². The molecule has 0 spiro atoms. The van der Waals surface area contributed by atoms with Crippen molar-refractivity contribution < 1.29 is 22.7 Å². The summed E-state index contributed by atoms with van der Waals surface area (Å²) in [4.78, 5) is 13.4. The molecule has 1 amide bonds. The number of amides is 1. The molecule has 0 fully saturated rings. The van der Waals surface area contributed by atoms with Gasteiger partial charge in [0.2, 0.25) is 0 Å². The molecule has 3 nitrogen and oxygen atoms in total. The summed E-state index contributed by atoms with van der Waals surface area (Å²) < 4.78 is 44.0. The number of likely N-dealkylation sites (N-methyl/N-ethyl adjacent to an activating group) is 1. The van der Waals surface area contributed by atoms with E-state index in [1.165, 1.54) is 42.3 Å². The van der Waals surface area contributed by atoms with Gasteiger partial charge in [-0.15, -0.1) is 0 Å². The summed E-state index contributed by atoms with van der Waals surface area (Å²) in [6.45, 7) is 0.437. The number of hydrogen-bond donors (Lipinski definition) is 0. The first-order valence-corrected chi connectivity index (χ1v) is 6.56. The number of rotatable bonds is 5. The summed E-state index contributed by atoms with van der Waals surface area (Å²) in [5, 5.41) is 0. The van der Waals surface area contributed by atoms with Crippen LogP contribution in [0.4, 0.5) is 13.2 Å². The van der Waals surface area contributed by atoms with Crippen LogP contribution in [0.3, 0.4) is 0 Å². The maximum absolute atomic E-state index is 13.1. The predicted octanol–water partition coefficient (Wildman–Crippen LogP) is 3.25. The first-order chi connectivity index (χ1) is 10.5. The van der Waals surface area contributed by atoms with Crippen LogP contribution in [0.2, 0.25) is 0 Å². The lowest BCUT2D eigenvalue weighted by atomic mass is 10.2. The average molecular weight is 309 g/mol. The molecule has 0 aliphatic rings. The molecule has 0 heterocycles. The third-order valence-electron chi connectivity index (χ3n) is 3.02. The van der Waals surface area contributed by atoms with Gasteiger partial charge in [0.1, 0.15) is 18.2 Å². The van der Waals surface area contributed by atoms with Gasteiger partial charge in [0, 0.05) is 12.6 Å². The van der Waals surface area contributed by atoms with Crippen LogP contribution in [0.5, 0.6) is 5.75 Å². The molecule has 0 saturated heterocycles. The Labute approximate surface area is 125 Å². The lowest BCUT2D eigenvalue weighted by Crippen LogP contribution is -2.31. The van der Waals surface area contributed by atoms with E-state index in [-0.39, 0.29) is 24.5 Å². The van der Waals surface area contributed by atoms with Gasteiger partial charge in [0.25, 0.3) is 5.91 Å². The van der Waals surface area contributed by atoms with Crippen molar-refractivity contribution in [1.29, 1.82) is 0 Å². The summed E-state index contributed by atoms with van der Waals surface area (Å²) >= 11 is 0. The Balaban J connectivity index is 1.88. The molecule has 22 heavy (non-hydrogen) atoms. The number of nitrogens with zero attached hydrogens (tertiary/aromatic N) is 1. The van der Waals surface area contributed by atoms with Crippen LogP contribution in [-0.4, -0.2) is 31.0 Å². The summed E-state index contributed by atoms with van der Waals surface area (Å²) in [6.07, 6.45) is 0. The van der Waals surface area contributed by atoms with Gasteiger partial charge in [-0.25, -0.2) is 13.2 Å². The number of carbonyl (C=O) groups is 1. The van der Waals surface area contributed by atoms with Crippen LogP contribution in [0.25, 0.3) is 0 Å². The van der Waals surface area contributed by atoms with Gasteiger partial charge in [0.15, 0.2) is 11.6 Å². The molecular formula is C16H14F3NO2. The van der Waals surface area contributed by atoms with Crippen LogP contribution < -0.4 is 4.74 Å². The smallest absolute Gasteiger partial charge is 0.253 e. The summed E-state index contributed by atoms with van der Waals surface area (Å²) in [5.74, 6) is -2.39. The third-order valence-corrected chi connectivity index (χ3v) is 3.02. The first-order valence-electron chi connectivity index (χ1n) is 6.56. The Morgan fingerprint density at radius 1 is 1.05 bits per heavy atom. The minimum Gasteiger partial charge on any atom is -0.492 e. The van der Waals surface area contributed by atoms with Crippen LogP contribution in [0.1, 0.15) is 10.4 Å². The fourth-order valence-electron chi connectivity index (χ4n) is 1.78. The topological polar surface area (TPSA) is 29.5 Å². The number of halogens is 3. The predicted molar refractivity (Wildman–Crippen MR) is 75.2 cm³/mol. The SMILES string of the molecule is CN(CCOc1ccc(F)cc1)C(=O)c1ccc(F)c(F)c1. The van der Waals surface area contributed by atoms with E-state index in [0.29, 0.717) is 5.75 Å². The Hall–Kier alpha value is -2.50. The van der Waals surface area contributed by atoms with Gasteiger partial charge in [-0.05, 0) is 42.5 Å². The summed E-state index contributed by atoms with van der Waals surface area (Å²) in [5.41, 5.74) is 0.0585. The van der Waals surface area contributed by atoms with Gasteiger partial charge >= 0.3 is 0 Å². The van der Waals surface area contributed by atoms with Crippen LogP contribution in [-0.2, 0) is 0 Å². The molecule has 2 aromatic rings. The van der Waals surface area contributed by atoms with Crippen LogP contribution in [0.15, 0.2) is 42.5 Å². The second kappa shape index (κ2) is 6.98. The molecule has 116 valence electrons. The number of carbonyl (C=O) groups excluding carboxylic acids is 1. The maximum atomic E-state index is 13.1. The van der Waals surface area contributed by atoms with Gasteiger partial charge in [-0.3, -0.25) is 4.79 Å². The second-order valence-corrected chi connectivity index (χ2v) is 4.66. The number of ether oxygens (including phenoxy) is 1. The van der Waals surface area contributed by atoms with E-state index >= 15 is 0 Å². The van der Waals surface area contributed by atoms with E-state index in [2.05, 4.69) is 0 Å². The molecule has 0 N–H and O–H groups in total. The van der Waals surface area contributed by atoms with Crippen molar-refractivity contribution in [3.05, 3.63) is 65.5 Å². The number of hydrogen-bond acceptors (Lipinski definition) is 2. The van der Waals surface area contributed by atoms with Crippen molar-refractivity contribution in [1.82, 2.24) is 4.90 Å². The fraction of sp³-hybridized carbons (Fsp3) is 0.188. The van der Waals surface area contributed by atoms with E-state index in [1.54, 1.807) is 0 Å². The van der Waals surface area contributed by atoms with Gasteiger partial charge in [0.05, 0.1) is 6.54 Å². The monoisotopic (exact) mass is 309 g/mol. The Bertz CT molecular complexity index is 659.